The predicted octanol–water partition coefficient (Wildman–Crippen LogP) is 3.36. The second-order valence-electron chi connectivity index (χ2n) is 4.81. The van der Waals surface area contributed by atoms with Crippen molar-refractivity contribution in [3.05, 3.63) is 59.9 Å². The summed E-state index contributed by atoms with van der Waals surface area (Å²) in [5, 5.41) is 0. The van der Waals surface area contributed by atoms with E-state index in [0.717, 1.165) is 17.0 Å². The lowest BCUT2D eigenvalue weighted by Crippen LogP contribution is -2.30. The highest BCUT2D eigenvalue weighted by Gasteiger charge is 2.20. The highest BCUT2D eigenvalue weighted by molar-refractivity contribution is 5.50. The van der Waals surface area contributed by atoms with Gasteiger partial charge < -0.3 is 15.4 Å². The predicted molar refractivity (Wildman–Crippen MR) is 84.2 cm³/mol. The Kier molecular flexibility index (Phi) is 5.17. The Balaban J connectivity index is 2.35. The molecule has 0 radical (unpaired) electrons. The Morgan fingerprint density at radius 2 is 1.95 bits per heavy atom. The fraction of sp³-hybridized carbons (Fsp3) is 0.294. The van der Waals surface area contributed by atoms with E-state index in [1.54, 1.807) is 6.07 Å². The SMILES string of the molecule is CCOc1ccccc1C(CN)N(C)c1cccc(F)c1. The van der Waals surface area contributed by atoms with Gasteiger partial charge in [-0.15, -0.1) is 0 Å². The molecule has 0 amide bonds. The first-order valence-electron chi connectivity index (χ1n) is 7.07. The number of nitrogens with two attached hydrogens (primary N) is 1. The van der Waals surface area contributed by atoms with Crippen LogP contribution in [-0.2, 0) is 0 Å². The number of para-hydroxylation sites is 1. The van der Waals surface area contributed by atoms with Crippen LogP contribution in [0.1, 0.15) is 18.5 Å². The van der Waals surface area contributed by atoms with E-state index in [0.29, 0.717) is 13.2 Å². The summed E-state index contributed by atoms with van der Waals surface area (Å²) < 4.78 is 19.1. The maximum absolute atomic E-state index is 13.4. The number of likely N-dealkylation sites (N-methyl/N-ethyl adjacent to an activating group) is 1. The van der Waals surface area contributed by atoms with Crippen molar-refractivity contribution >= 4 is 5.69 Å². The number of nitrogens with zero attached hydrogens (tertiary/aromatic N) is 1. The highest BCUT2D eigenvalue weighted by Crippen LogP contribution is 2.31. The molecular weight excluding hydrogens is 267 g/mol. The van der Waals surface area contributed by atoms with Crippen LogP contribution < -0.4 is 15.4 Å². The number of anilines is 1. The minimum atomic E-state index is -0.256. The van der Waals surface area contributed by atoms with Crippen molar-refractivity contribution in [2.75, 3.05) is 25.1 Å². The summed E-state index contributed by atoms with van der Waals surface area (Å²) in [6.07, 6.45) is 0. The molecule has 0 aliphatic heterocycles. The van der Waals surface area contributed by atoms with Gasteiger partial charge in [0.05, 0.1) is 12.6 Å². The molecule has 0 aromatic heterocycles. The monoisotopic (exact) mass is 288 g/mol. The van der Waals surface area contributed by atoms with Crippen molar-refractivity contribution in [3.8, 4) is 5.75 Å². The fourth-order valence-corrected chi connectivity index (χ4v) is 2.41. The van der Waals surface area contributed by atoms with E-state index in [1.165, 1.54) is 12.1 Å². The third-order valence-electron chi connectivity index (χ3n) is 3.48. The largest absolute Gasteiger partial charge is 0.494 e. The number of hydrogen-bond acceptors (Lipinski definition) is 3. The van der Waals surface area contributed by atoms with Crippen molar-refractivity contribution < 1.29 is 9.13 Å². The molecule has 2 rings (SSSR count). The number of hydrogen-bond donors (Lipinski definition) is 1. The Morgan fingerprint density at radius 3 is 2.62 bits per heavy atom. The Hall–Kier alpha value is -2.07. The highest BCUT2D eigenvalue weighted by atomic mass is 19.1. The van der Waals surface area contributed by atoms with Gasteiger partial charge in [0.2, 0.25) is 0 Å². The van der Waals surface area contributed by atoms with E-state index < -0.39 is 0 Å². The molecule has 2 N–H and O–H groups in total. The summed E-state index contributed by atoms with van der Waals surface area (Å²) in [6, 6.07) is 14.3. The third-order valence-corrected chi connectivity index (χ3v) is 3.48. The van der Waals surface area contributed by atoms with Crippen molar-refractivity contribution in [2.45, 2.75) is 13.0 Å². The molecule has 0 spiro atoms. The van der Waals surface area contributed by atoms with Crippen molar-refractivity contribution in [2.24, 2.45) is 5.73 Å². The maximum Gasteiger partial charge on any atom is 0.125 e. The molecule has 1 unspecified atom stereocenters. The van der Waals surface area contributed by atoms with Crippen LogP contribution in [0.15, 0.2) is 48.5 Å². The molecule has 0 saturated heterocycles. The van der Waals surface area contributed by atoms with E-state index in [9.17, 15) is 4.39 Å². The lowest BCUT2D eigenvalue weighted by Gasteiger charge is -2.30. The summed E-state index contributed by atoms with van der Waals surface area (Å²) >= 11 is 0. The van der Waals surface area contributed by atoms with E-state index in [-0.39, 0.29) is 11.9 Å². The van der Waals surface area contributed by atoms with Gasteiger partial charge in [-0.2, -0.15) is 0 Å². The number of benzene rings is 2. The molecule has 21 heavy (non-hydrogen) atoms. The van der Waals surface area contributed by atoms with Crippen LogP contribution in [0.2, 0.25) is 0 Å². The second-order valence-corrected chi connectivity index (χ2v) is 4.81. The lowest BCUT2D eigenvalue weighted by molar-refractivity contribution is 0.334. The zero-order valence-electron chi connectivity index (χ0n) is 12.4. The topological polar surface area (TPSA) is 38.5 Å². The van der Waals surface area contributed by atoms with E-state index in [1.807, 2.05) is 49.2 Å². The zero-order valence-corrected chi connectivity index (χ0v) is 12.4. The molecule has 0 saturated carbocycles. The Labute approximate surface area is 125 Å². The van der Waals surface area contributed by atoms with Crippen LogP contribution in [0.3, 0.4) is 0 Å². The van der Waals surface area contributed by atoms with Gasteiger partial charge in [-0.05, 0) is 31.2 Å². The average Bonchev–Trinajstić information content (AvgIpc) is 2.50. The van der Waals surface area contributed by atoms with Gasteiger partial charge in [-0.1, -0.05) is 24.3 Å². The first-order valence-corrected chi connectivity index (χ1v) is 7.07. The Morgan fingerprint density at radius 1 is 1.19 bits per heavy atom. The fourth-order valence-electron chi connectivity index (χ4n) is 2.41. The van der Waals surface area contributed by atoms with E-state index in [2.05, 4.69) is 0 Å². The molecule has 0 bridgehead atoms. The average molecular weight is 288 g/mol. The van der Waals surface area contributed by atoms with Crippen LogP contribution in [0.5, 0.6) is 5.75 Å². The molecule has 0 fully saturated rings. The van der Waals surface area contributed by atoms with Crippen LogP contribution in [0, 0.1) is 5.82 Å². The van der Waals surface area contributed by atoms with Gasteiger partial charge in [0.1, 0.15) is 11.6 Å². The van der Waals surface area contributed by atoms with Gasteiger partial charge in [-0.3, -0.25) is 0 Å². The maximum atomic E-state index is 13.4. The van der Waals surface area contributed by atoms with Crippen molar-refractivity contribution in [1.29, 1.82) is 0 Å². The molecule has 0 aliphatic rings. The number of rotatable bonds is 6. The van der Waals surface area contributed by atoms with Gasteiger partial charge >= 0.3 is 0 Å². The smallest absolute Gasteiger partial charge is 0.125 e. The van der Waals surface area contributed by atoms with Crippen LogP contribution >= 0.6 is 0 Å². The first-order chi connectivity index (χ1) is 10.2. The zero-order chi connectivity index (χ0) is 15.2. The summed E-state index contributed by atoms with van der Waals surface area (Å²) in [4.78, 5) is 1.97. The molecule has 0 heterocycles. The van der Waals surface area contributed by atoms with Gasteiger partial charge in [0.25, 0.3) is 0 Å². The summed E-state index contributed by atoms with van der Waals surface area (Å²) in [5.41, 5.74) is 7.75. The molecule has 112 valence electrons. The lowest BCUT2D eigenvalue weighted by atomic mass is 10.0. The second kappa shape index (κ2) is 7.09. The van der Waals surface area contributed by atoms with Crippen molar-refractivity contribution in [3.63, 3.8) is 0 Å². The minimum absolute atomic E-state index is 0.0745. The first kappa shape index (κ1) is 15.3. The summed E-state index contributed by atoms with van der Waals surface area (Å²) in [7, 11) is 1.91. The summed E-state index contributed by atoms with van der Waals surface area (Å²) in [6.45, 7) is 2.96. The van der Waals surface area contributed by atoms with Crippen LogP contribution in [0.4, 0.5) is 10.1 Å². The molecular formula is C17H21FN2O. The van der Waals surface area contributed by atoms with Gasteiger partial charge in [-0.25, -0.2) is 4.39 Å². The minimum Gasteiger partial charge on any atom is -0.494 e. The molecule has 3 nitrogen and oxygen atoms in total. The molecule has 1 atom stereocenters. The van der Waals surface area contributed by atoms with Crippen LogP contribution in [0.25, 0.3) is 0 Å². The molecule has 4 heteroatoms. The van der Waals surface area contributed by atoms with Crippen LogP contribution in [-0.4, -0.2) is 20.2 Å². The van der Waals surface area contributed by atoms with E-state index >= 15 is 0 Å². The van der Waals surface area contributed by atoms with Crippen molar-refractivity contribution in [1.82, 2.24) is 0 Å². The molecule has 0 aliphatic carbocycles. The van der Waals surface area contributed by atoms with E-state index in [4.69, 9.17) is 10.5 Å². The standard InChI is InChI=1S/C17H21FN2O/c1-3-21-17-10-5-4-9-15(17)16(12-19)20(2)14-8-6-7-13(18)11-14/h4-11,16H,3,12,19H2,1-2H3. The molecule has 2 aromatic carbocycles. The van der Waals surface area contributed by atoms with Gasteiger partial charge in [0, 0.05) is 24.8 Å². The quantitative estimate of drug-likeness (QED) is 0.886. The third kappa shape index (κ3) is 3.52. The summed E-state index contributed by atoms with van der Waals surface area (Å²) in [5.74, 6) is 0.562. The number of ether oxygens (including phenoxy) is 1. The Bertz CT molecular complexity index is 589. The number of halogens is 1. The van der Waals surface area contributed by atoms with Gasteiger partial charge in [0.15, 0.2) is 0 Å². The molecule has 2 aromatic rings. The normalized spacial score (nSPS) is 12.0.